The molecule has 0 saturated heterocycles. The van der Waals surface area contributed by atoms with Crippen LogP contribution in [0, 0.1) is 34.5 Å². The van der Waals surface area contributed by atoms with E-state index in [1.807, 2.05) is 0 Å². The van der Waals surface area contributed by atoms with Crippen LogP contribution in [0.1, 0.15) is 79.1 Å². The first kappa shape index (κ1) is 20.3. The Kier molecular flexibility index (Phi) is 4.74. The smallest absolute Gasteiger partial charge is 0.302 e. The average molecular weight is 393 g/mol. The summed E-state index contributed by atoms with van der Waals surface area (Å²) in [5.41, 5.74) is -1.82. The van der Waals surface area contributed by atoms with Gasteiger partial charge in [-0.3, -0.25) is 9.59 Å². The van der Waals surface area contributed by atoms with Gasteiger partial charge in [0.05, 0.1) is 6.10 Å². The molecule has 0 aliphatic heterocycles. The first-order chi connectivity index (χ1) is 13.0. The van der Waals surface area contributed by atoms with Gasteiger partial charge in [0, 0.05) is 18.3 Å². The Bertz CT molecular complexity index is 676. The number of hydrogen-bond acceptors (Lipinski definition) is 5. The zero-order chi connectivity index (χ0) is 20.5. The van der Waals surface area contributed by atoms with Crippen LogP contribution in [0.3, 0.4) is 0 Å². The van der Waals surface area contributed by atoms with E-state index in [1.165, 1.54) is 13.8 Å². The first-order valence-electron chi connectivity index (χ1n) is 11.1. The van der Waals surface area contributed by atoms with Crippen molar-refractivity contribution < 1.29 is 24.5 Å². The fourth-order valence-electron chi connectivity index (χ4n) is 8.23. The van der Waals surface area contributed by atoms with Gasteiger partial charge in [-0.25, -0.2) is 0 Å². The van der Waals surface area contributed by atoms with E-state index < -0.39 is 11.0 Å². The molecule has 28 heavy (non-hydrogen) atoms. The molecule has 0 heterocycles. The van der Waals surface area contributed by atoms with Gasteiger partial charge >= 0.3 is 5.97 Å². The minimum Gasteiger partial charge on any atom is -0.462 e. The molecule has 4 saturated carbocycles. The molecular weight excluding hydrogens is 356 g/mol. The van der Waals surface area contributed by atoms with Crippen LogP contribution < -0.4 is 0 Å². The van der Waals surface area contributed by atoms with Crippen LogP contribution in [0.15, 0.2) is 0 Å². The Balaban J connectivity index is 1.76. The minimum atomic E-state index is -1.32. The molecule has 0 aromatic rings. The van der Waals surface area contributed by atoms with E-state index >= 15 is 0 Å². The molecule has 0 amide bonds. The van der Waals surface area contributed by atoms with Gasteiger partial charge in [0.1, 0.15) is 11.7 Å². The fraction of sp³-hybridized carbons (Fsp3) is 0.913. The number of Topliss-reactive ketones (excluding diaryl/α,β-unsaturated/α-hetero) is 1. The minimum absolute atomic E-state index is 0.0422. The van der Waals surface area contributed by atoms with Crippen molar-refractivity contribution in [2.24, 2.45) is 34.5 Å². The summed E-state index contributed by atoms with van der Waals surface area (Å²) in [7, 11) is 0. The summed E-state index contributed by atoms with van der Waals surface area (Å²) in [5.74, 6) is 0.897. The van der Waals surface area contributed by atoms with Crippen molar-refractivity contribution in [3.05, 3.63) is 0 Å². The van der Waals surface area contributed by atoms with Gasteiger partial charge in [-0.2, -0.15) is 0 Å². The molecule has 0 spiro atoms. The average Bonchev–Trinajstić information content (AvgIpc) is 2.87. The third-order valence-corrected chi connectivity index (χ3v) is 9.60. The van der Waals surface area contributed by atoms with Gasteiger partial charge in [0.15, 0.2) is 5.78 Å². The molecule has 4 fully saturated rings. The summed E-state index contributed by atoms with van der Waals surface area (Å²) >= 11 is 0. The third kappa shape index (κ3) is 2.64. The van der Waals surface area contributed by atoms with Crippen molar-refractivity contribution in [2.75, 3.05) is 0 Å². The summed E-state index contributed by atoms with van der Waals surface area (Å²) in [4.78, 5) is 24.5. The van der Waals surface area contributed by atoms with Gasteiger partial charge < -0.3 is 14.9 Å². The zero-order valence-electron chi connectivity index (χ0n) is 17.7. The second-order valence-corrected chi connectivity index (χ2v) is 10.7. The van der Waals surface area contributed by atoms with Crippen LogP contribution in [-0.2, 0) is 14.3 Å². The second-order valence-electron chi connectivity index (χ2n) is 10.7. The van der Waals surface area contributed by atoms with Gasteiger partial charge in [-0.1, -0.05) is 13.8 Å². The molecule has 0 aromatic carbocycles. The van der Waals surface area contributed by atoms with Crippen LogP contribution >= 0.6 is 0 Å². The number of fused-ring (bicyclic) bond motifs is 5. The van der Waals surface area contributed by atoms with Crippen molar-refractivity contribution in [1.29, 1.82) is 0 Å². The van der Waals surface area contributed by atoms with E-state index in [1.54, 1.807) is 0 Å². The number of aliphatic hydroxyl groups is 2. The molecule has 0 bridgehead atoms. The first-order valence-corrected chi connectivity index (χ1v) is 11.1. The highest BCUT2D eigenvalue weighted by molar-refractivity contribution is 5.86. The quantitative estimate of drug-likeness (QED) is 0.705. The topological polar surface area (TPSA) is 83.8 Å². The van der Waals surface area contributed by atoms with Crippen LogP contribution in [0.2, 0.25) is 0 Å². The van der Waals surface area contributed by atoms with Crippen molar-refractivity contribution in [3.8, 4) is 0 Å². The molecule has 5 heteroatoms. The monoisotopic (exact) mass is 392 g/mol. The number of esters is 1. The highest BCUT2D eigenvalue weighted by atomic mass is 16.5. The lowest BCUT2D eigenvalue weighted by molar-refractivity contribution is -0.212. The van der Waals surface area contributed by atoms with Crippen LogP contribution in [0.5, 0.6) is 0 Å². The van der Waals surface area contributed by atoms with Crippen molar-refractivity contribution in [3.63, 3.8) is 0 Å². The van der Waals surface area contributed by atoms with E-state index in [0.717, 1.165) is 38.5 Å². The number of ketones is 1. The summed E-state index contributed by atoms with van der Waals surface area (Å²) in [6, 6.07) is 0. The molecule has 4 rings (SSSR count). The van der Waals surface area contributed by atoms with Crippen LogP contribution in [0.25, 0.3) is 0 Å². The van der Waals surface area contributed by atoms with Gasteiger partial charge in [-0.05, 0) is 81.5 Å². The van der Waals surface area contributed by atoms with Crippen molar-refractivity contribution in [2.45, 2.75) is 96.9 Å². The largest absolute Gasteiger partial charge is 0.462 e. The van der Waals surface area contributed by atoms with Crippen molar-refractivity contribution in [1.82, 2.24) is 0 Å². The van der Waals surface area contributed by atoms with Gasteiger partial charge in [0.2, 0.25) is 0 Å². The summed E-state index contributed by atoms with van der Waals surface area (Å²) in [6.45, 7) is 7.35. The maximum atomic E-state index is 12.5. The second kappa shape index (κ2) is 6.53. The Hall–Kier alpha value is -0.940. The molecule has 0 radical (unpaired) electrons. The van der Waals surface area contributed by atoms with Gasteiger partial charge in [-0.15, -0.1) is 0 Å². The molecular formula is C23H36O5. The summed E-state index contributed by atoms with van der Waals surface area (Å²) < 4.78 is 5.92. The maximum absolute atomic E-state index is 12.5. The highest BCUT2D eigenvalue weighted by Gasteiger charge is 2.69. The fourth-order valence-corrected chi connectivity index (χ4v) is 8.23. The number of aliphatic hydroxyl groups excluding tert-OH is 1. The molecule has 4 aliphatic carbocycles. The lowest BCUT2D eigenvalue weighted by Crippen LogP contribution is -2.63. The maximum Gasteiger partial charge on any atom is 0.302 e. The highest BCUT2D eigenvalue weighted by Crippen LogP contribution is 2.68. The van der Waals surface area contributed by atoms with E-state index in [9.17, 15) is 19.8 Å². The predicted molar refractivity (Wildman–Crippen MR) is 104 cm³/mol. The normalized spacial score (nSPS) is 52.9. The molecule has 2 N–H and O–H groups in total. The number of carbonyl (C=O) groups is 2. The molecule has 0 unspecified atom stereocenters. The van der Waals surface area contributed by atoms with E-state index in [-0.39, 0.29) is 41.2 Å². The molecule has 9 atom stereocenters. The third-order valence-electron chi connectivity index (χ3n) is 9.60. The number of hydrogen-bond donors (Lipinski definition) is 2. The number of ether oxygens (including phenoxy) is 1. The predicted octanol–water partition coefficient (Wildman–Crippen LogP) is 3.25. The summed E-state index contributed by atoms with van der Waals surface area (Å²) in [6.07, 6.45) is 6.16. The lowest BCUT2D eigenvalue weighted by Gasteiger charge is -2.63. The Morgan fingerprint density at radius 2 is 1.75 bits per heavy atom. The van der Waals surface area contributed by atoms with E-state index in [0.29, 0.717) is 24.7 Å². The number of rotatable bonds is 2. The van der Waals surface area contributed by atoms with Crippen LogP contribution in [0.4, 0.5) is 0 Å². The molecule has 5 nitrogen and oxygen atoms in total. The SMILES string of the molecule is CC(=O)O[C@@H]1C[C@]2(C)[C@H](CC[C@]2(O)C(C)=O)[C@@H]2CC[C@@H]3C[C@H](O)CC[C@]3(C)[C@H]21. The van der Waals surface area contributed by atoms with Crippen molar-refractivity contribution >= 4 is 11.8 Å². The zero-order valence-corrected chi connectivity index (χ0v) is 17.7. The molecule has 4 aliphatic rings. The lowest BCUT2D eigenvalue weighted by atomic mass is 9.43. The van der Waals surface area contributed by atoms with E-state index in [4.69, 9.17) is 4.74 Å². The van der Waals surface area contributed by atoms with Gasteiger partial charge in [0.25, 0.3) is 0 Å². The Morgan fingerprint density at radius 1 is 1.04 bits per heavy atom. The standard InChI is InChI=1S/C23H36O5/c1-13(24)23(27)10-8-18-17-6-5-15-11-16(26)7-9-21(15,3)20(17)19(28-14(2)25)12-22(18,23)4/h15-20,26-27H,5-12H2,1-4H3/t15-,16-,17+,18-,19-,20-,21+,22-,23+/m1/s1. The Labute approximate surface area is 168 Å². The molecule has 158 valence electrons. The summed E-state index contributed by atoms with van der Waals surface area (Å²) in [5, 5.41) is 21.6. The Morgan fingerprint density at radius 3 is 2.39 bits per heavy atom. The van der Waals surface area contributed by atoms with Crippen LogP contribution in [-0.4, -0.2) is 39.8 Å². The van der Waals surface area contributed by atoms with E-state index in [2.05, 4.69) is 13.8 Å². The molecule has 0 aromatic heterocycles. The number of carbonyl (C=O) groups excluding carboxylic acids is 2.